The van der Waals surface area contributed by atoms with Crippen molar-refractivity contribution in [3.05, 3.63) is 53.4 Å². The number of rotatable bonds is 9. The normalized spacial score (nSPS) is 12.8. The van der Waals surface area contributed by atoms with Crippen LogP contribution in [0, 0.1) is 5.82 Å². The van der Waals surface area contributed by atoms with Gasteiger partial charge in [-0.2, -0.15) is 0 Å². The summed E-state index contributed by atoms with van der Waals surface area (Å²) in [5, 5.41) is 10.6. The topological polar surface area (TPSA) is 86.1 Å². The van der Waals surface area contributed by atoms with Gasteiger partial charge in [0.15, 0.2) is 11.0 Å². The van der Waals surface area contributed by atoms with Crippen LogP contribution in [0.2, 0.25) is 0 Å². The van der Waals surface area contributed by atoms with Crippen molar-refractivity contribution >= 4 is 33.1 Å². The Morgan fingerprint density at radius 3 is 2.71 bits per heavy atom. The van der Waals surface area contributed by atoms with Crippen molar-refractivity contribution < 1.29 is 17.5 Å². The van der Waals surface area contributed by atoms with E-state index in [0.717, 1.165) is 11.3 Å². The lowest BCUT2D eigenvalue weighted by atomic mass is 10.3. The maximum atomic E-state index is 12.9. The first-order chi connectivity index (χ1) is 13.4. The molecule has 11 heteroatoms. The number of thioether (sulfide) groups is 1. The number of aromatic nitrogens is 3. The second kappa shape index (κ2) is 9.03. The van der Waals surface area contributed by atoms with Gasteiger partial charge >= 0.3 is 0 Å². The van der Waals surface area contributed by atoms with Gasteiger partial charge in [-0.3, -0.25) is 0 Å². The van der Waals surface area contributed by atoms with Gasteiger partial charge in [0, 0.05) is 12.8 Å². The number of nitrogens with zero attached hydrogens (tertiary/aromatic N) is 3. The van der Waals surface area contributed by atoms with Crippen LogP contribution in [0.3, 0.4) is 0 Å². The molecule has 1 N–H and O–H groups in total. The van der Waals surface area contributed by atoms with Gasteiger partial charge < -0.3 is 9.30 Å². The summed E-state index contributed by atoms with van der Waals surface area (Å²) in [5.74, 6) is 1.41. The first-order valence-corrected chi connectivity index (χ1v) is 11.7. The van der Waals surface area contributed by atoms with E-state index in [-0.39, 0.29) is 10.0 Å². The maximum absolute atomic E-state index is 12.9. The Bertz CT molecular complexity index is 1000. The van der Waals surface area contributed by atoms with Crippen LogP contribution in [0.1, 0.15) is 18.8 Å². The van der Waals surface area contributed by atoms with Gasteiger partial charge in [0.1, 0.15) is 15.8 Å². The zero-order valence-corrected chi connectivity index (χ0v) is 17.7. The van der Waals surface area contributed by atoms with E-state index in [9.17, 15) is 12.8 Å². The first kappa shape index (κ1) is 20.8. The summed E-state index contributed by atoms with van der Waals surface area (Å²) in [5.41, 5.74) is 0. The van der Waals surface area contributed by atoms with Crippen molar-refractivity contribution in [2.75, 3.05) is 12.4 Å². The zero-order chi connectivity index (χ0) is 20.1. The Labute approximate surface area is 171 Å². The average Bonchev–Trinajstić information content (AvgIpc) is 3.31. The predicted molar refractivity (Wildman–Crippen MR) is 107 cm³/mol. The molecule has 150 valence electrons. The van der Waals surface area contributed by atoms with Gasteiger partial charge in [-0.25, -0.2) is 17.5 Å². The molecule has 0 bridgehead atoms. The maximum Gasteiger partial charge on any atom is 0.250 e. The SMILES string of the molecule is CC(NS(=O)(=O)c1cccs1)c1nnc(SCCOc2ccc(F)cc2)n1C. The van der Waals surface area contributed by atoms with Gasteiger partial charge in [0.25, 0.3) is 10.0 Å². The molecule has 3 aromatic rings. The minimum absolute atomic E-state index is 0.258. The summed E-state index contributed by atoms with van der Waals surface area (Å²) in [6.45, 7) is 2.14. The summed E-state index contributed by atoms with van der Waals surface area (Å²) < 4.78 is 47.8. The molecule has 0 radical (unpaired) electrons. The third-order valence-electron chi connectivity index (χ3n) is 3.74. The van der Waals surface area contributed by atoms with Crippen molar-refractivity contribution in [3.63, 3.8) is 0 Å². The number of thiophene rings is 1. The molecule has 3 rings (SSSR count). The smallest absolute Gasteiger partial charge is 0.250 e. The van der Waals surface area contributed by atoms with E-state index in [4.69, 9.17) is 4.74 Å². The summed E-state index contributed by atoms with van der Waals surface area (Å²) in [6.07, 6.45) is 0. The van der Waals surface area contributed by atoms with Crippen LogP contribution in [0.25, 0.3) is 0 Å². The molecule has 28 heavy (non-hydrogen) atoms. The number of benzene rings is 1. The van der Waals surface area contributed by atoms with Crippen LogP contribution in [-0.2, 0) is 17.1 Å². The number of hydrogen-bond acceptors (Lipinski definition) is 7. The van der Waals surface area contributed by atoms with Crippen LogP contribution in [0.4, 0.5) is 4.39 Å². The molecule has 0 saturated heterocycles. The molecule has 2 aromatic heterocycles. The molecule has 1 unspecified atom stereocenters. The second-order valence-electron chi connectivity index (χ2n) is 5.83. The van der Waals surface area contributed by atoms with E-state index in [1.807, 2.05) is 0 Å². The molecule has 0 aliphatic rings. The Morgan fingerprint density at radius 2 is 2.04 bits per heavy atom. The molecule has 2 heterocycles. The number of hydrogen-bond donors (Lipinski definition) is 1. The summed E-state index contributed by atoms with van der Waals surface area (Å²) in [4.78, 5) is 0. The Morgan fingerprint density at radius 1 is 1.29 bits per heavy atom. The summed E-state index contributed by atoms with van der Waals surface area (Å²) >= 11 is 2.60. The lowest BCUT2D eigenvalue weighted by Gasteiger charge is -2.13. The van der Waals surface area contributed by atoms with Crippen molar-refractivity contribution in [1.82, 2.24) is 19.5 Å². The Hall–Kier alpha value is -1.95. The molecule has 0 spiro atoms. The van der Waals surface area contributed by atoms with E-state index in [1.165, 1.54) is 23.9 Å². The summed E-state index contributed by atoms with van der Waals surface area (Å²) in [6, 6.07) is 8.54. The fourth-order valence-corrected chi connectivity index (χ4v) is 5.36. The molecule has 1 aromatic carbocycles. The fourth-order valence-electron chi connectivity index (χ4n) is 2.41. The van der Waals surface area contributed by atoms with Gasteiger partial charge in [-0.05, 0) is 42.6 Å². The molecule has 0 aliphatic heterocycles. The number of halogens is 1. The molecule has 1 atom stereocenters. The number of sulfonamides is 1. The molecular weight excluding hydrogens is 423 g/mol. The van der Waals surface area contributed by atoms with Crippen molar-refractivity contribution in [3.8, 4) is 5.75 Å². The second-order valence-corrected chi connectivity index (χ2v) is 9.78. The zero-order valence-electron chi connectivity index (χ0n) is 15.2. The lowest BCUT2D eigenvalue weighted by molar-refractivity contribution is 0.343. The molecule has 0 saturated carbocycles. The van der Waals surface area contributed by atoms with E-state index in [0.29, 0.717) is 29.1 Å². The van der Waals surface area contributed by atoms with Gasteiger partial charge in [0.2, 0.25) is 0 Å². The quantitative estimate of drug-likeness (QED) is 0.405. The van der Waals surface area contributed by atoms with Crippen LogP contribution >= 0.6 is 23.1 Å². The molecule has 0 aliphatic carbocycles. The third kappa shape index (κ3) is 5.10. The standard InChI is InChI=1S/C17H19FN4O3S3/c1-12(21-28(23,24)15-4-3-10-26-15)16-19-20-17(22(16)2)27-11-9-25-14-7-5-13(18)6-8-14/h3-8,10,12,21H,9,11H2,1-2H3. The molecule has 0 amide bonds. The third-order valence-corrected chi connectivity index (χ3v) is 7.67. The predicted octanol–water partition coefficient (Wildman–Crippen LogP) is 3.23. The number of nitrogens with one attached hydrogen (secondary N) is 1. The average molecular weight is 443 g/mol. The minimum atomic E-state index is -3.59. The number of ether oxygens (including phenoxy) is 1. The van der Waals surface area contributed by atoms with Crippen molar-refractivity contribution in [1.29, 1.82) is 0 Å². The Balaban J connectivity index is 1.55. The van der Waals surface area contributed by atoms with Crippen molar-refractivity contribution in [2.24, 2.45) is 7.05 Å². The van der Waals surface area contributed by atoms with E-state index < -0.39 is 16.1 Å². The summed E-state index contributed by atoms with van der Waals surface area (Å²) in [7, 11) is -1.81. The highest BCUT2D eigenvalue weighted by Crippen LogP contribution is 2.22. The van der Waals surface area contributed by atoms with Gasteiger partial charge in [-0.15, -0.1) is 21.5 Å². The van der Waals surface area contributed by atoms with E-state index >= 15 is 0 Å². The lowest BCUT2D eigenvalue weighted by Crippen LogP contribution is -2.28. The van der Waals surface area contributed by atoms with Crippen LogP contribution in [-0.4, -0.2) is 35.5 Å². The van der Waals surface area contributed by atoms with Crippen LogP contribution < -0.4 is 9.46 Å². The van der Waals surface area contributed by atoms with Crippen LogP contribution in [0.15, 0.2) is 51.1 Å². The Kier molecular flexibility index (Phi) is 6.70. The monoisotopic (exact) mass is 442 g/mol. The highest BCUT2D eigenvalue weighted by atomic mass is 32.2. The molecule has 7 nitrogen and oxygen atoms in total. The van der Waals surface area contributed by atoms with Crippen molar-refractivity contribution in [2.45, 2.75) is 22.3 Å². The van der Waals surface area contributed by atoms with Gasteiger partial charge in [-0.1, -0.05) is 17.8 Å². The van der Waals surface area contributed by atoms with E-state index in [1.54, 1.807) is 48.2 Å². The first-order valence-electron chi connectivity index (χ1n) is 8.33. The van der Waals surface area contributed by atoms with Gasteiger partial charge in [0.05, 0.1) is 12.6 Å². The van der Waals surface area contributed by atoms with E-state index in [2.05, 4.69) is 14.9 Å². The van der Waals surface area contributed by atoms with Crippen LogP contribution in [0.5, 0.6) is 5.75 Å². The molecule has 0 fully saturated rings. The largest absolute Gasteiger partial charge is 0.493 e. The molecular formula is C17H19FN4O3S3. The minimum Gasteiger partial charge on any atom is -0.493 e. The highest BCUT2D eigenvalue weighted by Gasteiger charge is 2.23. The fraction of sp³-hybridized carbons (Fsp3) is 0.294. The highest BCUT2D eigenvalue weighted by molar-refractivity contribution is 7.99.